The summed E-state index contributed by atoms with van der Waals surface area (Å²) in [7, 11) is 0. The van der Waals surface area contributed by atoms with Crippen LogP contribution in [0.25, 0.3) is 0 Å². The molecule has 21 heavy (non-hydrogen) atoms. The molecule has 1 rings (SSSR count). The van der Waals surface area contributed by atoms with Crippen LogP contribution in [0, 0.1) is 11.3 Å². The molecular formula is C16H18FN3O. The van der Waals surface area contributed by atoms with Crippen LogP contribution in [0.1, 0.15) is 25.5 Å². The Morgan fingerprint density at radius 1 is 1.62 bits per heavy atom. The molecule has 0 saturated carbocycles. The van der Waals surface area contributed by atoms with E-state index in [-0.39, 0.29) is 11.4 Å². The zero-order valence-electron chi connectivity index (χ0n) is 12.1. The number of rotatable bonds is 5. The fraction of sp³-hybridized carbons (Fsp3) is 0.250. The smallest absolute Gasteiger partial charge is 0.161 e. The van der Waals surface area contributed by atoms with Gasteiger partial charge in [-0.3, -0.25) is 4.99 Å². The van der Waals surface area contributed by atoms with Gasteiger partial charge in [0, 0.05) is 12.2 Å². The number of nitrogens with zero attached hydrogens (tertiary/aromatic N) is 2. The molecule has 1 atom stereocenters. The number of aliphatic hydroxyl groups excluding tert-OH is 1. The number of benzene rings is 1. The molecule has 1 aromatic rings. The first kappa shape index (κ1) is 16.6. The van der Waals surface area contributed by atoms with E-state index >= 15 is 0 Å². The molecule has 0 aliphatic heterocycles. The van der Waals surface area contributed by atoms with Gasteiger partial charge in [-0.1, -0.05) is 18.7 Å². The Morgan fingerprint density at radius 2 is 2.33 bits per heavy atom. The first-order valence-corrected chi connectivity index (χ1v) is 6.54. The van der Waals surface area contributed by atoms with E-state index in [1.807, 2.05) is 13.0 Å². The summed E-state index contributed by atoms with van der Waals surface area (Å²) >= 11 is 0. The number of hydrogen-bond donors (Lipinski definition) is 2. The quantitative estimate of drug-likeness (QED) is 0.495. The van der Waals surface area contributed by atoms with Crippen LogP contribution in [0.15, 0.2) is 53.3 Å². The van der Waals surface area contributed by atoms with Crippen LogP contribution in [0.2, 0.25) is 0 Å². The summed E-state index contributed by atoms with van der Waals surface area (Å²) < 4.78 is 13.7. The number of amidine groups is 1. The summed E-state index contributed by atoms with van der Waals surface area (Å²) in [5.74, 6) is -0.324. The monoisotopic (exact) mass is 287 g/mol. The maximum absolute atomic E-state index is 13.7. The van der Waals surface area contributed by atoms with E-state index in [0.717, 1.165) is 0 Å². The third-order valence-electron chi connectivity index (χ3n) is 2.73. The van der Waals surface area contributed by atoms with E-state index < -0.39 is 11.9 Å². The van der Waals surface area contributed by atoms with E-state index in [4.69, 9.17) is 5.26 Å². The van der Waals surface area contributed by atoms with Gasteiger partial charge in [-0.15, -0.1) is 0 Å². The minimum atomic E-state index is -1.07. The minimum absolute atomic E-state index is 0.0502. The van der Waals surface area contributed by atoms with Gasteiger partial charge in [0.15, 0.2) is 11.7 Å². The lowest BCUT2D eigenvalue weighted by molar-refractivity contribution is 0.221. The van der Waals surface area contributed by atoms with Crippen LogP contribution in [0.3, 0.4) is 0 Å². The van der Waals surface area contributed by atoms with Crippen molar-refractivity contribution in [3.8, 4) is 6.07 Å². The second-order valence-electron chi connectivity index (χ2n) is 4.25. The summed E-state index contributed by atoms with van der Waals surface area (Å²) in [6, 6.07) is 8.53. The van der Waals surface area contributed by atoms with E-state index in [1.165, 1.54) is 6.08 Å². The highest BCUT2D eigenvalue weighted by Gasteiger charge is 2.12. The molecule has 0 aliphatic carbocycles. The van der Waals surface area contributed by atoms with Crippen LogP contribution in [0.4, 0.5) is 10.1 Å². The fourth-order valence-corrected chi connectivity index (χ4v) is 1.66. The summed E-state index contributed by atoms with van der Waals surface area (Å²) in [5.41, 5.74) is 1.12. The highest BCUT2D eigenvalue weighted by Crippen LogP contribution is 2.23. The third kappa shape index (κ3) is 4.55. The Morgan fingerprint density at radius 3 is 2.90 bits per heavy atom. The molecule has 0 fully saturated rings. The average molecular weight is 287 g/mol. The molecule has 1 aromatic carbocycles. The molecule has 0 bridgehead atoms. The molecule has 0 aromatic heterocycles. The SMILES string of the molecule is C=C(C#N)C(O)c1cccc(NC(=NCC)C(F)=CC)c1. The highest BCUT2D eigenvalue weighted by molar-refractivity contribution is 6.06. The van der Waals surface area contributed by atoms with Gasteiger partial charge >= 0.3 is 0 Å². The van der Waals surface area contributed by atoms with Gasteiger partial charge in [-0.2, -0.15) is 5.26 Å². The summed E-state index contributed by atoms with van der Waals surface area (Å²) in [5, 5.41) is 21.6. The third-order valence-corrected chi connectivity index (χ3v) is 2.73. The Kier molecular flexibility index (Phi) is 6.31. The van der Waals surface area contributed by atoms with Gasteiger partial charge in [0.25, 0.3) is 0 Å². The molecule has 110 valence electrons. The van der Waals surface area contributed by atoms with Crippen molar-refractivity contribution < 1.29 is 9.50 Å². The zero-order valence-corrected chi connectivity index (χ0v) is 12.1. The van der Waals surface area contributed by atoms with E-state index in [2.05, 4.69) is 16.9 Å². The number of nitriles is 1. The maximum Gasteiger partial charge on any atom is 0.161 e. The number of hydrogen-bond acceptors (Lipinski definition) is 3. The van der Waals surface area contributed by atoms with Crippen molar-refractivity contribution in [3.63, 3.8) is 0 Å². The summed E-state index contributed by atoms with van der Waals surface area (Å²) in [4.78, 5) is 4.05. The van der Waals surface area contributed by atoms with Gasteiger partial charge in [-0.25, -0.2) is 4.39 Å². The molecule has 5 heteroatoms. The Bertz CT molecular complexity index is 614. The first-order chi connectivity index (χ1) is 10.0. The number of aliphatic hydroxyl groups is 1. The lowest BCUT2D eigenvalue weighted by Gasteiger charge is -2.12. The topological polar surface area (TPSA) is 68.4 Å². The van der Waals surface area contributed by atoms with Crippen LogP contribution >= 0.6 is 0 Å². The maximum atomic E-state index is 13.7. The first-order valence-electron chi connectivity index (χ1n) is 6.54. The zero-order chi connectivity index (χ0) is 15.8. The molecule has 0 aliphatic rings. The lowest BCUT2D eigenvalue weighted by atomic mass is 10.0. The number of nitrogens with one attached hydrogen (secondary N) is 1. The largest absolute Gasteiger partial charge is 0.383 e. The van der Waals surface area contributed by atoms with Crippen LogP contribution < -0.4 is 5.32 Å². The molecule has 0 spiro atoms. The van der Waals surface area contributed by atoms with Crippen molar-refractivity contribution in [2.45, 2.75) is 20.0 Å². The second kappa shape index (κ2) is 7.98. The lowest BCUT2D eigenvalue weighted by Crippen LogP contribution is -2.13. The standard InChI is InChI=1S/C16H18FN3O/c1-4-14(17)16(19-5-2)20-13-8-6-7-12(9-13)15(21)11(3)10-18/h4,6-9,15,21H,3,5H2,1-2H3,(H,19,20). The predicted octanol–water partition coefficient (Wildman–Crippen LogP) is 3.50. The number of allylic oxidation sites excluding steroid dienone is 1. The molecule has 2 N–H and O–H groups in total. The van der Waals surface area contributed by atoms with Gasteiger partial charge in [0.2, 0.25) is 0 Å². The fourth-order valence-electron chi connectivity index (χ4n) is 1.66. The van der Waals surface area contributed by atoms with Crippen molar-refractivity contribution in [3.05, 3.63) is 53.9 Å². The van der Waals surface area contributed by atoms with Crippen molar-refractivity contribution in [1.29, 1.82) is 5.26 Å². The molecule has 0 heterocycles. The normalized spacial score (nSPS) is 13.5. The number of anilines is 1. The number of halogens is 1. The van der Waals surface area contributed by atoms with Gasteiger partial charge in [-0.05, 0) is 37.6 Å². The van der Waals surface area contributed by atoms with Gasteiger partial charge in [0.1, 0.15) is 6.10 Å². The van der Waals surface area contributed by atoms with Crippen LogP contribution in [-0.4, -0.2) is 17.5 Å². The second-order valence-corrected chi connectivity index (χ2v) is 4.25. The Balaban J connectivity index is 3.03. The molecule has 1 unspecified atom stereocenters. The van der Waals surface area contributed by atoms with Crippen LogP contribution in [0.5, 0.6) is 0 Å². The van der Waals surface area contributed by atoms with Crippen LogP contribution in [-0.2, 0) is 0 Å². The molecular weight excluding hydrogens is 269 g/mol. The molecule has 0 amide bonds. The van der Waals surface area contributed by atoms with Gasteiger partial charge < -0.3 is 10.4 Å². The van der Waals surface area contributed by atoms with E-state index in [1.54, 1.807) is 31.2 Å². The minimum Gasteiger partial charge on any atom is -0.383 e. The summed E-state index contributed by atoms with van der Waals surface area (Å²) in [6.07, 6.45) is 0.243. The van der Waals surface area contributed by atoms with E-state index in [0.29, 0.717) is 17.8 Å². The predicted molar refractivity (Wildman–Crippen MR) is 82.6 cm³/mol. The Labute approximate surface area is 123 Å². The number of aliphatic imine (C=N–C) groups is 1. The molecule has 0 saturated heterocycles. The van der Waals surface area contributed by atoms with Crippen molar-refractivity contribution in [1.82, 2.24) is 0 Å². The van der Waals surface area contributed by atoms with Gasteiger partial charge in [0.05, 0.1) is 11.6 Å². The Hall–Kier alpha value is -2.45. The molecule has 0 radical (unpaired) electrons. The average Bonchev–Trinajstić information content (AvgIpc) is 2.52. The summed E-state index contributed by atoms with van der Waals surface area (Å²) in [6.45, 7) is 7.32. The van der Waals surface area contributed by atoms with Crippen molar-refractivity contribution in [2.24, 2.45) is 4.99 Å². The van der Waals surface area contributed by atoms with Crippen molar-refractivity contribution in [2.75, 3.05) is 11.9 Å². The molecule has 4 nitrogen and oxygen atoms in total. The highest BCUT2D eigenvalue weighted by atomic mass is 19.1. The van der Waals surface area contributed by atoms with E-state index in [9.17, 15) is 9.50 Å². The van der Waals surface area contributed by atoms with Crippen molar-refractivity contribution >= 4 is 11.5 Å².